The highest BCUT2D eigenvalue weighted by molar-refractivity contribution is 5.95. The number of primary amides is 1. The van der Waals surface area contributed by atoms with Crippen molar-refractivity contribution in [3.8, 4) is 0 Å². The fourth-order valence-electron chi connectivity index (χ4n) is 4.12. The maximum atomic E-state index is 13.2. The number of rotatable bonds is 16. The molecule has 1 aromatic heterocycles. The number of hydrogen-bond acceptors (Lipinski definition) is 7. The Kier molecular flexibility index (Phi) is 11.9. The van der Waals surface area contributed by atoms with Crippen molar-refractivity contribution >= 4 is 40.5 Å². The molecule has 0 saturated carbocycles. The quantitative estimate of drug-likeness (QED) is 0.124. The van der Waals surface area contributed by atoms with Gasteiger partial charge in [0.1, 0.15) is 18.1 Å². The molecule has 1 heterocycles. The Morgan fingerprint density at radius 1 is 0.949 bits per heavy atom. The van der Waals surface area contributed by atoms with Crippen LogP contribution < -0.4 is 33.2 Å². The SMILES string of the molecule is CC(C)C(NC(=O)C(CCCCN)NC(=O)C(N)CC(N)=O)C(=O)NC(Cc1c[nH]c2ccccc12)C(=O)O. The largest absolute Gasteiger partial charge is 0.480 e. The molecular formula is C26H39N7O6. The lowest BCUT2D eigenvalue weighted by Gasteiger charge is -2.27. The van der Waals surface area contributed by atoms with E-state index in [4.69, 9.17) is 17.2 Å². The number of carboxylic acids is 1. The van der Waals surface area contributed by atoms with Gasteiger partial charge in [-0.25, -0.2) is 4.79 Å². The van der Waals surface area contributed by atoms with E-state index in [1.165, 1.54) is 0 Å². The predicted octanol–water partition coefficient (Wildman–Crippen LogP) is -0.763. The molecule has 0 spiro atoms. The van der Waals surface area contributed by atoms with Crippen molar-refractivity contribution in [3.05, 3.63) is 36.0 Å². The molecule has 11 N–H and O–H groups in total. The highest BCUT2D eigenvalue weighted by Crippen LogP contribution is 2.19. The second kappa shape index (κ2) is 14.8. The molecule has 1 aromatic carbocycles. The normalized spacial score (nSPS) is 14.3. The van der Waals surface area contributed by atoms with E-state index < -0.39 is 66.1 Å². The summed E-state index contributed by atoms with van der Waals surface area (Å²) < 4.78 is 0. The highest BCUT2D eigenvalue weighted by atomic mass is 16.4. The van der Waals surface area contributed by atoms with Crippen molar-refractivity contribution in [2.24, 2.45) is 23.1 Å². The standard InChI is InChI=1S/C26H39N7O6/c1-14(2)22(33-24(36)19(9-5-6-10-27)31-23(35)17(28)12-21(29)34)25(37)32-20(26(38)39)11-15-13-30-18-8-4-3-7-16(15)18/h3-4,7-8,13-14,17,19-20,22,30H,5-6,9-12,27-28H2,1-2H3,(H2,29,34)(H,31,35)(H,32,37)(H,33,36)(H,38,39). The molecular weight excluding hydrogens is 506 g/mol. The number of para-hydroxylation sites is 1. The van der Waals surface area contributed by atoms with E-state index in [0.29, 0.717) is 19.4 Å². The molecule has 0 fully saturated rings. The summed E-state index contributed by atoms with van der Waals surface area (Å²) in [5.74, 6) is -4.46. The summed E-state index contributed by atoms with van der Waals surface area (Å²) in [6.07, 6.45) is 2.64. The number of hydrogen-bond donors (Lipinski definition) is 8. The lowest BCUT2D eigenvalue weighted by atomic mass is 10.00. The van der Waals surface area contributed by atoms with E-state index in [9.17, 15) is 29.1 Å². The van der Waals surface area contributed by atoms with E-state index in [1.54, 1.807) is 20.0 Å². The summed E-state index contributed by atoms with van der Waals surface area (Å²) in [5, 5.41) is 18.3. The van der Waals surface area contributed by atoms with Gasteiger partial charge in [0.15, 0.2) is 0 Å². The van der Waals surface area contributed by atoms with Crippen molar-refractivity contribution in [2.45, 2.75) is 70.1 Å². The fraction of sp³-hybridized carbons (Fsp3) is 0.500. The van der Waals surface area contributed by atoms with Gasteiger partial charge in [0, 0.05) is 23.5 Å². The molecule has 0 bridgehead atoms. The predicted molar refractivity (Wildman–Crippen MR) is 145 cm³/mol. The van der Waals surface area contributed by atoms with E-state index in [1.807, 2.05) is 24.3 Å². The van der Waals surface area contributed by atoms with Crippen LogP contribution in [0.25, 0.3) is 10.9 Å². The molecule has 0 aliphatic rings. The van der Waals surface area contributed by atoms with Gasteiger partial charge in [0.25, 0.3) is 0 Å². The second-order valence-electron chi connectivity index (χ2n) is 9.82. The Hall–Kier alpha value is -3.97. The molecule has 214 valence electrons. The number of unbranched alkanes of at least 4 members (excludes halogenated alkanes) is 1. The molecule has 0 aliphatic carbocycles. The molecule has 39 heavy (non-hydrogen) atoms. The van der Waals surface area contributed by atoms with E-state index >= 15 is 0 Å². The van der Waals surface area contributed by atoms with Gasteiger partial charge in [-0.1, -0.05) is 32.0 Å². The van der Waals surface area contributed by atoms with Crippen LogP contribution in [0.5, 0.6) is 0 Å². The smallest absolute Gasteiger partial charge is 0.326 e. The third-order valence-electron chi connectivity index (χ3n) is 6.30. The number of nitrogens with one attached hydrogen (secondary N) is 4. The zero-order valence-electron chi connectivity index (χ0n) is 22.2. The van der Waals surface area contributed by atoms with Crippen LogP contribution in [0.3, 0.4) is 0 Å². The van der Waals surface area contributed by atoms with E-state index in [2.05, 4.69) is 20.9 Å². The van der Waals surface area contributed by atoms with Crippen LogP contribution in [-0.4, -0.2) is 70.4 Å². The first-order chi connectivity index (χ1) is 18.4. The minimum absolute atomic E-state index is 0.0272. The molecule has 0 saturated heterocycles. The monoisotopic (exact) mass is 545 g/mol. The van der Waals surface area contributed by atoms with Crippen molar-refractivity contribution in [1.29, 1.82) is 0 Å². The topological polar surface area (TPSA) is 236 Å². The number of H-pyrrole nitrogens is 1. The Morgan fingerprint density at radius 2 is 1.62 bits per heavy atom. The Morgan fingerprint density at radius 3 is 2.23 bits per heavy atom. The van der Waals surface area contributed by atoms with Crippen LogP contribution in [0.4, 0.5) is 0 Å². The van der Waals surface area contributed by atoms with Gasteiger partial charge in [-0.15, -0.1) is 0 Å². The zero-order chi connectivity index (χ0) is 29.1. The molecule has 13 nitrogen and oxygen atoms in total. The van der Waals surface area contributed by atoms with Gasteiger partial charge >= 0.3 is 5.97 Å². The minimum Gasteiger partial charge on any atom is -0.480 e. The number of aromatic nitrogens is 1. The Bertz CT molecular complexity index is 1160. The number of aromatic amines is 1. The van der Waals surface area contributed by atoms with E-state index in [0.717, 1.165) is 16.5 Å². The number of benzene rings is 1. The molecule has 0 radical (unpaired) electrons. The van der Waals surface area contributed by atoms with Crippen LogP contribution in [0.1, 0.15) is 45.1 Å². The number of nitrogens with two attached hydrogens (primary N) is 3. The highest BCUT2D eigenvalue weighted by Gasteiger charge is 2.32. The van der Waals surface area contributed by atoms with Crippen molar-refractivity contribution in [1.82, 2.24) is 20.9 Å². The minimum atomic E-state index is -1.25. The number of aliphatic carboxylic acids is 1. The molecule has 2 rings (SSSR count). The lowest BCUT2D eigenvalue weighted by Crippen LogP contribution is -2.58. The Labute approximate surface area is 226 Å². The van der Waals surface area contributed by atoms with Crippen LogP contribution in [0.15, 0.2) is 30.5 Å². The van der Waals surface area contributed by atoms with Gasteiger partial charge in [0.05, 0.1) is 12.5 Å². The van der Waals surface area contributed by atoms with Crippen LogP contribution >= 0.6 is 0 Å². The number of amides is 4. The van der Waals surface area contributed by atoms with Gasteiger partial charge in [-0.2, -0.15) is 0 Å². The van der Waals surface area contributed by atoms with Crippen LogP contribution in [0, 0.1) is 5.92 Å². The molecule has 13 heteroatoms. The van der Waals surface area contributed by atoms with Gasteiger partial charge in [-0.05, 0) is 43.4 Å². The third kappa shape index (κ3) is 9.37. The van der Waals surface area contributed by atoms with E-state index in [-0.39, 0.29) is 12.8 Å². The summed E-state index contributed by atoms with van der Waals surface area (Å²) in [4.78, 5) is 65.0. The first-order valence-corrected chi connectivity index (χ1v) is 12.9. The van der Waals surface area contributed by atoms with Crippen LogP contribution in [-0.2, 0) is 30.4 Å². The molecule has 4 unspecified atom stereocenters. The average molecular weight is 546 g/mol. The summed E-state index contributed by atoms with van der Waals surface area (Å²) in [5.41, 5.74) is 17.9. The molecule has 2 aromatic rings. The number of carbonyl (C=O) groups is 5. The van der Waals surface area contributed by atoms with Crippen molar-refractivity contribution < 1.29 is 29.1 Å². The first-order valence-electron chi connectivity index (χ1n) is 12.9. The second-order valence-corrected chi connectivity index (χ2v) is 9.82. The Balaban J connectivity index is 2.14. The number of fused-ring (bicyclic) bond motifs is 1. The summed E-state index contributed by atoms with van der Waals surface area (Å²) in [7, 11) is 0. The summed E-state index contributed by atoms with van der Waals surface area (Å²) in [6, 6.07) is 2.77. The molecule has 4 amide bonds. The first kappa shape index (κ1) is 31.2. The van der Waals surface area contributed by atoms with Crippen molar-refractivity contribution in [2.75, 3.05) is 6.54 Å². The number of carbonyl (C=O) groups excluding carboxylic acids is 4. The number of carboxylic acid groups (broad SMARTS) is 1. The summed E-state index contributed by atoms with van der Waals surface area (Å²) >= 11 is 0. The average Bonchev–Trinajstić information content (AvgIpc) is 3.28. The fourth-order valence-corrected chi connectivity index (χ4v) is 4.12. The third-order valence-corrected chi connectivity index (χ3v) is 6.30. The zero-order valence-corrected chi connectivity index (χ0v) is 22.2. The van der Waals surface area contributed by atoms with Gasteiger partial charge in [-0.3, -0.25) is 19.2 Å². The van der Waals surface area contributed by atoms with Crippen LogP contribution in [0.2, 0.25) is 0 Å². The molecule has 4 atom stereocenters. The summed E-state index contributed by atoms with van der Waals surface area (Å²) in [6.45, 7) is 3.78. The van der Waals surface area contributed by atoms with Gasteiger partial charge in [0.2, 0.25) is 23.6 Å². The van der Waals surface area contributed by atoms with Crippen molar-refractivity contribution in [3.63, 3.8) is 0 Å². The maximum absolute atomic E-state index is 13.2. The maximum Gasteiger partial charge on any atom is 0.326 e. The van der Waals surface area contributed by atoms with Gasteiger partial charge < -0.3 is 43.2 Å². The lowest BCUT2D eigenvalue weighted by molar-refractivity contribution is -0.142. The molecule has 0 aliphatic heterocycles.